The summed E-state index contributed by atoms with van der Waals surface area (Å²) in [6.07, 6.45) is -9.09. The third-order valence-electron chi connectivity index (χ3n) is 10.9. The van der Waals surface area contributed by atoms with E-state index in [-0.39, 0.29) is 39.9 Å². The third kappa shape index (κ3) is 6.78. The molecule has 65 heavy (non-hydrogen) atoms. The lowest BCUT2D eigenvalue weighted by Gasteiger charge is -2.10. The van der Waals surface area contributed by atoms with Crippen LogP contribution in [0.1, 0.15) is 43.1 Å². The van der Waals surface area contributed by atoms with Crippen LogP contribution in [0.5, 0.6) is 0 Å². The van der Waals surface area contributed by atoms with E-state index < -0.39 is 28.9 Å². The van der Waals surface area contributed by atoms with Gasteiger partial charge in [0, 0.05) is 53.6 Å². The predicted molar refractivity (Wildman–Crippen MR) is 237 cm³/mol. The number of aryl methyl sites for hydroxylation is 2. The fourth-order valence-electron chi connectivity index (χ4n) is 8.25. The number of nitrogens with zero attached hydrogens (tertiary/aromatic N) is 6. The average molecular weight is 903 g/mol. The van der Waals surface area contributed by atoms with Gasteiger partial charge in [0.1, 0.15) is 6.07 Å². The molecule has 0 saturated carbocycles. The van der Waals surface area contributed by atoms with Gasteiger partial charge in [0.05, 0.1) is 45.8 Å². The Hall–Kier alpha value is -8.38. The summed E-state index contributed by atoms with van der Waals surface area (Å²) in [5, 5.41) is 29.9. The van der Waals surface area contributed by atoms with Gasteiger partial charge < -0.3 is 4.85 Å². The van der Waals surface area contributed by atoms with Crippen molar-refractivity contribution < 1.29 is 26.3 Å². The van der Waals surface area contributed by atoms with E-state index in [0.29, 0.717) is 68.5 Å². The molecule has 8 aromatic rings. The van der Waals surface area contributed by atoms with Crippen LogP contribution < -0.4 is 10.9 Å². The summed E-state index contributed by atoms with van der Waals surface area (Å²) in [5.41, 5.74) is 3.32. The summed E-state index contributed by atoms with van der Waals surface area (Å²) in [7, 11) is 0. The van der Waals surface area contributed by atoms with Crippen LogP contribution in [0.4, 0.5) is 26.3 Å². The summed E-state index contributed by atoms with van der Waals surface area (Å²) in [6, 6.07) is 23.2. The first-order valence-corrected chi connectivity index (χ1v) is 20.4. The van der Waals surface area contributed by atoms with Gasteiger partial charge in [-0.3, -0.25) is 9.59 Å². The molecule has 0 spiro atoms. The topological polar surface area (TPSA) is 119 Å². The average Bonchev–Trinajstić information content (AvgIpc) is 4.09. The van der Waals surface area contributed by atoms with Crippen LogP contribution in [-0.2, 0) is 12.4 Å². The summed E-state index contributed by atoms with van der Waals surface area (Å²) in [6.45, 7) is 24.7. The molecule has 0 radical (unpaired) electrons. The molecule has 0 atom stereocenters. The monoisotopic (exact) mass is 902 g/mol. The highest BCUT2D eigenvalue weighted by Gasteiger charge is 2.41. The maximum absolute atomic E-state index is 13.5. The molecular weight excluding hydrogens is 883 g/mol. The van der Waals surface area contributed by atoms with Crippen molar-refractivity contribution in [3.8, 4) is 40.5 Å². The normalized spacial score (nSPS) is 13.7. The Kier molecular flexibility index (Phi) is 10.5. The van der Waals surface area contributed by atoms with Crippen molar-refractivity contribution in [2.45, 2.75) is 26.2 Å². The molecule has 16 heteroatoms. The van der Waals surface area contributed by atoms with Gasteiger partial charge in [-0.15, -0.1) is 22.7 Å². The lowest BCUT2D eigenvalue weighted by molar-refractivity contribution is -0.138. The second kappa shape index (κ2) is 15.8. The molecule has 2 heterocycles. The second-order valence-electron chi connectivity index (χ2n) is 14.7. The van der Waals surface area contributed by atoms with Crippen molar-refractivity contribution in [2.24, 2.45) is 0 Å². The Morgan fingerprint density at radius 3 is 1.51 bits per heavy atom. The molecular formula is C49H20F6N6O2S2. The smallest absolute Gasteiger partial charge is 0.301 e. The Balaban J connectivity index is 0.000000165. The van der Waals surface area contributed by atoms with E-state index in [9.17, 15) is 46.5 Å². The van der Waals surface area contributed by atoms with Crippen LogP contribution in [0.25, 0.3) is 89.7 Å². The van der Waals surface area contributed by atoms with Crippen molar-refractivity contribution in [3.05, 3.63) is 182 Å². The molecule has 0 fully saturated rings. The van der Waals surface area contributed by atoms with E-state index in [1.165, 1.54) is 23.5 Å². The van der Waals surface area contributed by atoms with E-state index in [1.54, 1.807) is 12.1 Å². The van der Waals surface area contributed by atoms with E-state index in [0.717, 1.165) is 57.7 Å². The molecule has 6 aromatic carbocycles. The number of benzene rings is 4. The molecule has 312 valence electrons. The van der Waals surface area contributed by atoms with Crippen molar-refractivity contribution in [3.63, 3.8) is 0 Å². The first-order valence-electron chi connectivity index (χ1n) is 18.8. The van der Waals surface area contributed by atoms with Crippen molar-refractivity contribution in [1.29, 1.82) is 15.8 Å². The van der Waals surface area contributed by atoms with Crippen molar-refractivity contribution in [2.75, 3.05) is 6.54 Å². The summed E-state index contributed by atoms with van der Waals surface area (Å²) < 4.78 is 80.2. The van der Waals surface area contributed by atoms with Crippen LogP contribution in [0.2, 0.25) is 0 Å². The van der Waals surface area contributed by atoms with Crippen LogP contribution >= 0.6 is 22.7 Å². The van der Waals surface area contributed by atoms with E-state index in [4.69, 9.17) is 25.0 Å². The molecule has 0 bridgehead atoms. The molecule has 0 aliphatic heterocycles. The van der Waals surface area contributed by atoms with Crippen molar-refractivity contribution in [1.82, 2.24) is 0 Å². The van der Waals surface area contributed by atoms with Crippen molar-refractivity contribution >= 4 is 75.5 Å². The standard InChI is InChI=1S/C26H9F3N4S.C20H9F3O2S.C3H2N2/c1-12-4-6-14-16(8-12)20(18(10-30)32-2)24-22(14)23-15-7-5-13(26(27,28)29)9-17(15)21(25(23)34-24)19(11-31)33-3;1-8-2-4-10-12(6-8)16(24)18-14(10)15-11-5-3-9(20(21,22)23)7-13(11)17(25)19(15)26-18;1-5-3-2-4/h4-9H,1H3;2-7H,1H3;3H2/b20-18+,21-19-;;. The molecule has 10 rings (SSSR count). The van der Waals surface area contributed by atoms with E-state index in [1.807, 2.05) is 56.3 Å². The Labute approximate surface area is 371 Å². The summed E-state index contributed by atoms with van der Waals surface area (Å²) in [5.74, 6) is 0. The minimum Gasteiger partial charge on any atom is -0.301 e. The van der Waals surface area contributed by atoms with Crippen LogP contribution in [0.15, 0.2) is 93.8 Å². The van der Waals surface area contributed by atoms with Gasteiger partial charge in [0.2, 0.25) is 10.9 Å². The van der Waals surface area contributed by atoms with E-state index in [2.05, 4.69) is 14.5 Å². The quantitative estimate of drug-likeness (QED) is 0.0650. The molecule has 2 aliphatic carbocycles. The zero-order chi connectivity index (χ0) is 46.9. The van der Waals surface area contributed by atoms with Gasteiger partial charge in [-0.1, -0.05) is 53.6 Å². The minimum atomic E-state index is -4.58. The molecule has 2 aromatic heterocycles. The van der Waals surface area contributed by atoms with Gasteiger partial charge >= 0.3 is 12.4 Å². The number of fused-ring (bicyclic) bond motifs is 14. The first-order chi connectivity index (χ1) is 30.9. The number of rotatable bonds is 0. The van der Waals surface area contributed by atoms with Gasteiger partial charge in [0.15, 0.2) is 0 Å². The molecule has 0 saturated heterocycles. The minimum absolute atomic E-state index is 0.0139. The molecule has 0 amide bonds. The van der Waals surface area contributed by atoms with E-state index >= 15 is 0 Å². The largest absolute Gasteiger partial charge is 0.416 e. The highest BCUT2D eigenvalue weighted by atomic mass is 32.1. The number of halogens is 6. The number of alkyl halides is 6. The van der Waals surface area contributed by atoms with Crippen LogP contribution in [0, 0.1) is 67.6 Å². The van der Waals surface area contributed by atoms with Gasteiger partial charge in [-0.2, -0.15) is 31.6 Å². The van der Waals surface area contributed by atoms with Crippen LogP contribution in [0.3, 0.4) is 0 Å². The maximum atomic E-state index is 13.5. The highest BCUT2D eigenvalue weighted by Crippen LogP contribution is 2.61. The van der Waals surface area contributed by atoms with Gasteiger partial charge in [-0.05, 0) is 77.2 Å². The maximum Gasteiger partial charge on any atom is 0.416 e. The molecule has 8 nitrogen and oxygen atoms in total. The zero-order valence-electron chi connectivity index (χ0n) is 33.2. The number of hydrogen-bond acceptors (Lipinski definition) is 7. The highest BCUT2D eigenvalue weighted by molar-refractivity contribution is 7.26. The Bertz CT molecular complexity index is 3830. The predicted octanol–water partition coefficient (Wildman–Crippen LogP) is 13.2. The van der Waals surface area contributed by atoms with Gasteiger partial charge in [-0.25, -0.2) is 26.8 Å². The molecule has 2 aliphatic rings. The number of hydrogen-bond donors (Lipinski definition) is 0. The molecule has 0 unspecified atom stereocenters. The first kappa shape index (κ1) is 43.3. The Morgan fingerprint density at radius 2 is 1.03 bits per heavy atom. The second-order valence-corrected chi connectivity index (χ2v) is 16.7. The summed E-state index contributed by atoms with van der Waals surface area (Å²) >= 11 is 2.27. The lowest BCUT2D eigenvalue weighted by Crippen LogP contribution is -2.05. The lowest BCUT2D eigenvalue weighted by atomic mass is 9.97. The Morgan fingerprint density at radius 1 is 0.585 bits per heavy atom. The number of allylic oxidation sites excluding steroid dienone is 2. The molecule has 0 N–H and O–H groups in total. The van der Waals surface area contributed by atoms with Gasteiger partial charge in [0.25, 0.3) is 17.9 Å². The number of nitriles is 3. The SMILES string of the molecule is Cc1ccc2c(c1)c(=O)c1sc3c(=O)c4cc(C(F)(F)F)ccc4c3c12.[C-]#[N+]/C(C#N)=C1/c2cc(C(F)(F)F)ccc2-c2c1sc1c2-c2ccc(C)cc2/C1=C(/C#N)[N+]#[C-].[C-]#[N+]CC#N. The van der Waals surface area contributed by atoms with Crippen LogP contribution in [-0.4, -0.2) is 6.54 Å². The number of thiophene rings is 2. The third-order valence-corrected chi connectivity index (χ3v) is 13.3. The summed E-state index contributed by atoms with van der Waals surface area (Å²) in [4.78, 5) is 36.0. The zero-order valence-corrected chi connectivity index (χ0v) is 34.9. The fourth-order valence-corrected chi connectivity index (χ4v) is 10.9. The fraction of sp³-hybridized carbons (Fsp3) is 0.102.